The molecule has 0 fully saturated rings. The van der Waals surface area contributed by atoms with Gasteiger partial charge < -0.3 is 5.32 Å². The van der Waals surface area contributed by atoms with Crippen molar-refractivity contribution in [1.82, 2.24) is 9.78 Å². The van der Waals surface area contributed by atoms with Gasteiger partial charge in [0.1, 0.15) is 11.6 Å². The highest BCUT2D eigenvalue weighted by molar-refractivity contribution is 7.90. The van der Waals surface area contributed by atoms with Crippen molar-refractivity contribution < 1.29 is 17.6 Å². The van der Waals surface area contributed by atoms with E-state index in [0.29, 0.717) is 28.3 Å². The molecule has 8 heteroatoms. The largest absolute Gasteiger partial charge is 0.306 e. The molecule has 1 aliphatic rings. The zero-order chi connectivity index (χ0) is 19.2. The lowest BCUT2D eigenvalue weighted by atomic mass is 10.1. The Kier molecular flexibility index (Phi) is 4.07. The molecular weight excluding hydrogens is 369 g/mol. The van der Waals surface area contributed by atoms with E-state index < -0.39 is 15.7 Å². The number of aromatic nitrogens is 2. The second kappa shape index (κ2) is 6.31. The third kappa shape index (κ3) is 3.35. The van der Waals surface area contributed by atoms with Crippen molar-refractivity contribution in [2.24, 2.45) is 0 Å². The van der Waals surface area contributed by atoms with E-state index in [0.717, 1.165) is 5.56 Å². The molecule has 6 nitrogen and oxygen atoms in total. The normalized spacial score (nSPS) is 14.7. The molecule has 0 aliphatic carbocycles. The first kappa shape index (κ1) is 17.4. The molecule has 27 heavy (non-hydrogen) atoms. The Balaban J connectivity index is 1.77. The summed E-state index contributed by atoms with van der Waals surface area (Å²) in [7, 11) is -3.28. The molecule has 1 N–H and O–H groups in total. The molecular formula is C19H16FN3O3S. The van der Waals surface area contributed by atoms with Crippen LogP contribution in [0.1, 0.15) is 27.2 Å². The van der Waals surface area contributed by atoms with E-state index in [9.17, 15) is 17.6 Å². The van der Waals surface area contributed by atoms with E-state index in [1.54, 1.807) is 12.1 Å². The lowest BCUT2D eigenvalue weighted by Crippen LogP contribution is -2.17. The minimum absolute atomic E-state index is 0.177. The number of carbonyl (C=O) groups is 1. The first-order valence-corrected chi connectivity index (χ1v) is 10.1. The van der Waals surface area contributed by atoms with Crippen molar-refractivity contribution in [3.63, 3.8) is 0 Å². The Hall–Kier alpha value is -3.00. The van der Waals surface area contributed by atoms with Crippen molar-refractivity contribution in [2.45, 2.75) is 18.4 Å². The molecule has 0 radical (unpaired) electrons. The summed E-state index contributed by atoms with van der Waals surface area (Å²) in [5.41, 5.74) is 2.87. The molecule has 1 aliphatic heterocycles. The second-order valence-electron chi connectivity index (χ2n) is 6.51. The number of aryl methyl sites for hydroxylation is 1. The highest BCUT2D eigenvalue weighted by atomic mass is 32.2. The van der Waals surface area contributed by atoms with Crippen LogP contribution < -0.4 is 5.32 Å². The predicted molar refractivity (Wildman–Crippen MR) is 99.0 cm³/mol. The summed E-state index contributed by atoms with van der Waals surface area (Å²) >= 11 is 0. The SMILES string of the molecule is Cc1ccc(C(=O)Nc2c3c(nn2-c2ccc(F)cc2)CS(=O)(=O)C3)cc1. The molecule has 3 aromatic rings. The van der Waals surface area contributed by atoms with Crippen molar-refractivity contribution in [3.05, 3.63) is 76.7 Å². The van der Waals surface area contributed by atoms with Gasteiger partial charge in [-0.2, -0.15) is 5.10 Å². The maximum atomic E-state index is 13.3. The molecule has 138 valence electrons. The van der Waals surface area contributed by atoms with Gasteiger partial charge in [0.2, 0.25) is 0 Å². The summed E-state index contributed by atoms with van der Waals surface area (Å²) in [5.74, 6) is -0.836. The number of nitrogens with one attached hydrogen (secondary N) is 1. The number of fused-ring (bicyclic) bond motifs is 1. The van der Waals surface area contributed by atoms with Gasteiger partial charge in [0.05, 0.1) is 22.9 Å². The number of carbonyl (C=O) groups excluding carboxylic acids is 1. The molecule has 0 spiro atoms. The Morgan fingerprint density at radius 2 is 1.74 bits per heavy atom. The van der Waals surface area contributed by atoms with E-state index in [4.69, 9.17) is 0 Å². The highest BCUT2D eigenvalue weighted by Crippen LogP contribution is 2.33. The molecule has 4 rings (SSSR count). The molecule has 0 bridgehead atoms. The topological polar surface area (TPSA) is 81.1 Å². The van der Waals surface area contributed by atoms with Crippen LogP contribution in [0.4, 0.5) is 10.2 Å². The van der Waals surface area contributed by atoms with Gasteiger partial charge in [-0.3, -0.25) is 4.79 Å². The fourth-order valence-corrected chi connectivity index (χ4v) is 4.52. The number of anilines is 1. The maximum Gasteiger partial charge on any atom is 0.256 e. The number of amides is 1. The molecule has 2 heterocycles. The zero-order valence-electron chi connectivity index (χ0n) is 14.4. The summed E-state index contributed by atoms with van der Waals surface area (Å²) in [6, 6.07) is 12.6. The summed E-state index contributed by atoms with van der Waals surface area (Å²) in [6.07, 6.45) is 0. The molecule has 0 saturated carbocycles. The molecule has 0 unspecified atom stereocenters. The van der Waals surface area contributed by atoms with Crippen LogP contribution in [0.2, 0.25) is 0 Å². The summed E-state index contributed by atoms with van der Waals surface area (Å²) in [4.78, 5) is 12.7. The number of nitrogens with zero attached hydrogens (tertiary/aromatic N) is 2. The van der Waals surface area contributed by atoms with E-state index in [-0.39, 0.29) is 17.4 Å². The third-order valence-corrected chi connectivity index (χ3v) is 5.85. The van der Waals surface area contributed by atoms with E-state index in [2.05, 4.69) is 10.4 Å². The quantitative estimate of drug-likeness (QED) is 0.752. The van der Waals surface area contributed by atoms with Crippen LogP contribution in [0.3, 0.4) is 0 Å². The monoisotopic (exact) mass is 385 g/mol. The minimum atomic E-state index is -3.28. The molecule has 0 saturated heterocycles. The van der Waals surface area contributed by atoms with Crippen LogP contribution in [0.15, 0.2) is 48.5 Å². The number of halogens is 1. The molecule has 1 aromatic heterocycles. The standard InChI is InChI=1S/C19H16FN3O3S/c1-12-2-4-13(5-3-12)19(24)21-18-16-10-27(25,26)11-17(16)22-23(18)15-8-6-14(20)7-9-15/h2-9H,10-11H2,1H3,(H,21,24). The predicted octanol–water partition coefficient (Wildman–Crippen LogP) is 3.00. The van der Waals surface area contributed by atoms with E-state index in [1.807, 2.05) is 19.1 Å². The van der Waals surface area contributed by atoms with Crippen molar-refractivity contribution in [1.29, 1.82) is 0 Å². The second-order valence-corrected chi connectivity index (χ2v) is 8.58. The number of sulfone groups is 1. The minimum Gasteiger partial charge on any atom is -0.306 e. The molecule has 0 atom stereocenters. The Morgan fingerprint density at radius 3 is 2.41 bits per heavy atom. The van der Waals surface area contributed by atoms with Gasteiger partial charge in [0.15, 0.2) is 9.84 Å². The van der Waals surface area contributed by atoms with Gasteiger partial charge in [-0.25, -0.2) is 17.5 Å². The van der Waals surface area contributed by atoms with Crippen molar-refractivity contribution >= 4 is 21.6 Å². The van der Waals surface area contributed by atoms with E-state index >= 15 is 0 Å². The Bertz CT molecular complexity index is 1130. The van der Waals surface area contributed by atoms with Gasteiger partial charge in [0, 0.05) is 11.1 Å². The lowest BCUT2D eigenvalue weighted by molar-refractivity contribution is 0.102. The number of hydrogen-bond donors (Lipinski definition) is 1. The maximum absolute atomic E-state index is 13.3. The summed E-state index contributed by atoms with van der Waals surface area (Å²) in [6.45, 7) is 1.92. The van der Waals surface area contributed by atoms with Crippen LogP contribution in [-0.4, -0.2) is 24.1 Å². The average Bonchev–Trinajstić information content (AvgIpc) is 3.09. The highest BCUT2D eigenvalue weighted by Gasteiger charge is 2.33. The lowest BCUT2D eigenvalue weighted by Gasteiger charge is -2.11. The van der Waals surface area contributed by atoms with Gasteiger partial charge in [0.25, 0.3) is 5.91 Å². The van der Waals surface area contributed by atoms with Gasteiger partial charge in [-0.15, -0.1) is 0 Å². The van der Waals surface area contributed by atoms with Crippen LogP contribution in [0, 0.1) is 12.7 Å². The molecule has 1 amide bonds. The smallest absolute Gasteiger partial charge is 0.256 e. The molecule has 2 aromatic carbocycles. The first-order chi connectivity index (χ1) is 12.8. The Labute approximate surface area is 155 Å². The van der Waals surface area contributed by atoms with Gasteiger partial charge in [-0.1, -0.05) is 17.7 Å². The zero-order valence-corrected chi connectivity index (χ0v) is 15.3. The number of rotatable bonds is 3. The van der Waals surface area contributed by atoms with Gasteiger partial charge >= 0.3 is 0 Å². The average molecular weight is 385 g/mol. The van der Waals surface area contributed by atoms with Crippen LogP contribution in [-0.2, 0) is 21.3 Å². The number of hydrogen-bond acceptors (Lipinski definition) is 4. The third-order valence-electron chi connectivity index (χ3n) is 4.40. The number of benzene rings is 2. The van der Waals surface area contributed by atoms with Gasteiger partial charge in [-0.05, 0) is 43.3 Å². The fourth-order valence-electron chi connectivity index (χ4n) is 3.02. The van der Waals surface area contributed by atoms with E-state index in [1.165, 1.54) is 28.9 Å². The first-order valence-electron chi connectivity index (χ1n) is 8.27. The van der Waals surface area contributed by atoms with Crippen LogP contribution in [0.25, 0.3) is 5.69 Å². The summed E-state index contributed by atoms with van der Waals surface area (Å²) in [5, 5.41) is 7.13. The van der Waals surface area contributed by atoms with Crippen LogP contribution in [0.5, 0.6) is 0 Å². The summed E-state index contributed by atoms with van der Waals surface area (Å²) < 4.78 is 38.7. The van der Waals surface area contributed by atoms with Crippen molar-refractivity contribution in [3.8, 4) is 5.69 Å². The van der Waals surface area contributed by atoms with Crippen molar-refractivity contribution in [2.75, 3.05) is 5.32 Å². The Morgan fingerprint density at radius 1 is 1.07 bits per heavy atom. The fraction of sp³-hybridized carbons (Fsp3) is 0.158. The van der Waals surface area contributed by atoms with Crippen LogP contribution >= 0.6 is 0 Å².